The van der Waals surface area contributed by atoms with Crippen LogP contribution in [0.1, 0.15) is 37.5 Å². The summed E-state index contributed by atoms with van der Waals surface area (Å²) in [5, 5.41) is 3.81. The number of rotatable bonds is 5. The fourth-order valence-corrected chi connectivity index (χ4v) is 3.74. The second-order valence-corrected chi connectivity index (χ2v) is 7.51. The molecule has 0 radical (unpaired) electrons. The number of carbonyl (C=O) groups excluding carboxylic acids is 1. The molecule has 1 aliphatic heterocycles. The number of carbonyl (C=O) groups is 1. The summed E-state index contributed by atoms with van der Waals surface area (Å²) in [7, 11) is 0. The van der Waals surface area contributed by atoms with Crippen LogP contribution in [-0.4, -0.2) is 35.4 Å². The van der Waals surface area contributed by atoms with Gasteiger partial charge in [0.15, 0.2) is 0 Å². The Morgan fingerprint density at radius 2 is 2.10 bits per heavy atom. The first-order valence-electron chi connectivity index (χ1n) is 9.69. The second kappa shape index (κ2) is 8.65. The Bertz CT molecular complexity index is 1100. The third-order valence-electron chi connectivity index (χ3n) is 5.17. The van der Waals surface area contributed by atoms with Crippen LogP contribution in [-0.2, 0) is 0 Å². The molecule has 6 nitrogen and oxygen atoms in total. The third-order valence-corrected chi connectivity index (χ3v) is 5.47. The van der Waals surface area contributed by atoms with Gasteiger partial charge in [-0.25, -0.2) is 9.97 Å². The highest BCUT2D eigenvalue weighted by atomic mass is 35.5. The van der Waals surface area contributed by atoms with Gasteiger partial charge in [-0.3, -0.25) is 4.79 Å². The van der Waals surface area contributed by atoms with E-state index in [1.807, 2.05) is 24.3 Å². The molecule has 1 unspecified atom stereocenters. The van der Waals surface area contributed by atoms with Crippen molar-refractivity contribution in [3.05, 3.63) is 88.7 Å². The highest BCUT2D eigenvalue weighted by Crippen LogP contribution is 2.26. The van der Waals surface area contributed by atoms with Crippen molar-refractivity contribution in [1.29, 1.82) is 0 Å². The van der Waals surface area contributed by atoms with Crippen molar-refractivity contribution in [3.8, 4) is 0 Å². The van der Waals surface area contributed by atoms with Crippen LogP contribution >= 0.6 is 11.6 Å². The van der Waals surface area contributed by atoms with Crippen molar-refractivity contribution in [3.63, 3.8) is 0 Å². The normalized spacial score (nSPS) is 16.3. The minimum atomic E-state index is -0.356. The Kier molecular flexibility index (Phi) is 5.79. The van der Waals surface area contributed by atoms with E-state index in [-0.39, 0.29) is 38.2 Å². The van der Waals surface area contributed by atoms with Crippen LogP contribution in [0, 0.1) is 0 Å². The van der Waals surface area contributed by atoms with E-state index in [0.29, 0.717) is 11.4 Å². The number of piperazine rings is 1. The molecule has 30 heavy (non-hydrogen) atoms. The van der Waals surface area contributed by atoms with Crippen molar-refractivity contribution in [1.82, 2.24) is 15.3 Å². The van der Waals surface area contributed by atoms with Gasteiger partial charge in [-0.2, -0.15) is 0 Å². The molecule has 3 N–H and O–H groups in total. The molecule has 1 aromatic carbocycles. The zero-order chi connectivity index (χ0) is 21.1. The van der Waals surface area contributed by atoms with Gasteiger partial charge in [0.25, 0.3) is 0 Å². The van der Waals surface area contributed by atoms with Crippen molar-refractivity contribution in [2.75, 3.05) is 30.3 Å². The Balaban J connectivity index is 0.00000181. The average Bonchev–Trinajstić information content (AvgIpc) is 2.80. The largest absolute Gasteiger partial charge is 0.383 e. The fraction of sp³-hybridized carbons (Fsp3) is 0.174. The summed E-state index contributed by atoms with van der Waals surface area (Å²) in [6.45, 7) is 6.04. The quantitative estimate of drug-likeness (QED) is 0.586. The fourth-order valence-electron chi connectivity index (χ4n) is 3.55. The van der Waals surface area contributed by atoms with E-state index in [9.17, 15) is 4.79 Å². The zero-order valence-corrected chi connectivity index (χ0v) is 17.1. The first-order valence-corrected chi connectivity index (χ1v) is 10.1. The molecule has 2 aromatic heterocycles. The number of aromatic nitrogens is 2. The molecule has 0 amide bonds. The predicted octanol–water partition coefficient (Wildman–Crippen LogP) is 4.48. The minimum Gasteiger partial charge on any atom is -0.383 e. The predicted molar refractivity (Wildman–Crippen MR) is 127 cm³/mol. The third kappa shape index (κ3) is 4.06. The van der Waals surface area contributed by atoms with Gasteiger partial charge in [0.1, 0.15) is 17.3 Å². The molecular formula is C23H28ClN5O. The Hall–Kier alpha value is -3.22. The number of anilines is 2. The number of nitrogens with two attached hydrogens (primary N) is 1. The monoisotopic (exact) mass is 425 g/mol. The summed E-state index contributed by atoms with van der Waals surface area (Å²) in [6.07, 6.45) is 3.17. The van der Waals surface area contributed by atoms with Gasteiger partial charge in [-0.15, -0.1) is 0 Å². The number of nitrogen functional groups attached to an aromatic ring is 1. The Labute approximate surface area is 184 Å². The van der Waals surface area contributed by atoms with E-state index >= 15 is 0 Å². The van der Waals surface area contributed by atoms with Gasteiger partial charge < -0.3 is 16.0 Å². The summed E-state index contributed by atoms with van der Waals surface area (Å²) in [4.78, 5) is 24.0. The highest BCUT2D eigenvalue weighted by molar-refractivity contribution is 6.34. The van der Waals surface area contributed by atoms with Crippen molar-refractivity contribution in [2.24, 2.45) is 0 Å². The van der Waals surface area contributed by atoms with E-state index in [4.69, 9.17) is 17.3 Å². The van der Waals surface area contributed by atoms with Crippen LogP contribution in [0.25, 0.3) is 6.08 Å². The lowest BCUT2D eigenvalue weighted by Crippen LogP contribution is -2.46. The summed E-state index contributed by atoms with van der Waals surface area (Å²) in [5.74, 6) is 0.488. The maximum atomic E-state index is 13.1. The van der Waals surface area contributed by atoms with Gasteiger partial charge in [0.2, 0.25) is 5.78 Å². The maximum absolute atomic E-state index is 13.1. The molecule has 0 spiro atoms. The molecule has 1 atom stereocenters. The summed E-state index contributed by atoms with van der Waals surface area (Å²) < 4.78 is 0. The van der Waals surface area contributed by atoms with Gasteiger partial charge in [-0.1, -0.05) is 54.6 Å². The number of hydrogen-bond acceptors (Lipinski definition) is 6. The smallest absolute Gasteiger partial charge is 0.216 e. The molecule has 3 heterocycles. The summed E-state index contributed by atoms with van der Waals surface area (Å²) in [5.41, 5.74) is 8.29. The number of hydrogen-bond donors (Lipinski definition) is 2. The number of benzene rings is 1. The van der Waals surface area contributed by atoms with Crippen molar-refractivity contribution >= 4 is 35.1 Å². The van der Waals surface area contributed by atoms with E-state index in [1.54, 1.807) is 24.4 Å². The number of nitrogens with zero attached hydrogens (tertiary/aromatic N) is 3. The van der Waals surface area contributed by atoms with Gasteiger partial charge in [0.05, 0.1) is 10.6 Å². The van der Waals surface area contributed by atoms with E-state index in [1.165, 1.54) is 5.56 Å². The average molecular weight is 426 g/mol. The van der Waals surface area contributed by atoms with Gasteiger partial charge in [0, 0.05) is 36.2 Å². The van der Waals surface area contributed by atoms with Crippen molar-refractivity contribution in [2.45, 2.75) is 6.04 Å². The lowest BCUT2D eigenvalue weighted by molar-refractivity contribution is 0.103. The molecule has 0 saturated carbocycles. The lowest BCUT2D eigenvalue weighted by atomic mass is 10.0. The van der Waals surface area contributed by atoms with E-state index in [0.717, 1.165) is 19.6 Å². The maximum Gasteiger partial charge on any atom is 0.216 e. The van der Waals surface area contributed by atoms with Crippen LogP contribution in [0.3, 0.4) is 0 Å². The molecule has 0 aliphatic carbocycles. The summed E-state index contributed by atoms with van der Waals surface area (Å²) in [6, 6.07) is 15.7. The highest BCUT2D eigenvalue weighted by Gasteiger charge is 2.24. The van der Waals surface area contributed by atoms with Crippen molar-refractivity contribution < 1.29 is 9.07 Å². The van der Waals surface area contributed by atoms with Gasteiger partial charge >= 0.3 is 0 Å². The number of nitrogens with one attached hydrogen (secondary N) is 1. The minimum absolute atomic E-state index is 0. The van der Waals surface area contributed by atoms with Crippen LogP contribution in [0.5, 0.6) is 0 Å². The molecule has 3 aromatic rings. The SMILES string of the molecule is C=Cc1cnc(N)c(C(=O)c2nc(N3CCNC(c4ccccc4)C3)ccc2Cl)c1.[HH].[HH].[HH]. The number of ketones is 1. The zero-order valence-electron chi connectivity index (χ0n) is 16.4. The molecular weight excluding hydrogens is 398 g/mol. The molecule has 1 aliphatic rings. The second-order valence-electron chi connectivity index (χ2n) is 7.10. The molecule has 0 bridgehead atoms. The molecule has 1 saturated heterocycles. The van der Waals surface area contributed by atoms with Crippen LogP contribution in [0.2, 0.25) is 5.02 Å². The first kappa shape index (κ1) is 20.1. The number of halogens is 1. The van der Waals surface area contributed by atoms with Crippen LogP contribution in [0.15, 0.2) is 61.3 Å². The topological polar surface area (TPSA) is 84.1 Å². The van der Waals surface area contributed by atoms with E-state index in [2.05, 4.69) is 38.9 Å². The first-order chi connectivity index (χ1) is 14.6. The Morgan fingerprint density at radius 1 is 1.30 bits per heavy atom. The Morgan fingerprint density at radius 3 is 2.87 bits per heavy atom. The van der Waals surface area contributed by atoms with E-state index < -0.39 is 0 Å². The molecule has 7 heteroatoms. The summed E-state index contributed by atoms with van der Waals surface area (Å²) >= 11 is 6.33. The van der Waals surface area contributed by atoms with Crippen LogP contribution < -0.4 is 16.0 Å². The lowest BCUT2D eigenvalue weighted by Gasteiger charge is -2.35. The van der Waals surface area contributed by atoms with Gasteiger partial charge in [-0.05, 0) is 29.3 Å². The standard InChI is InChI=1S/C23H22ClN5O.3H2/c1-2-15-12-17(23(25)27-13-15)22(30)21-18(24)8-9-20(28-21)29-11-10-26-19(14-29)16-6-4-3-5-7-16;;;/h2-9,12-13,19,26H,1,10-11,14H2,(H2,25,27);3*1H. The molecule has 1 fully saturated rings. The molecule has 158 valence electrons. The molecule has 4 rings (SSSR count). The number of pyridine rings is 2. The van der Waals surface area contributed by atoms with Crippen LogP contribution in [0.4, 0.5) is 11.6 Å².